The van der Waals surface area contributed by atoms with Gasteiger partial charge < -0.3 is 5.32 Å². The standard InChI is InChI=1S/C19H19ClF2N2O/c20-15-4-1-13(2-5-15)12-24-9-7-16(8-10-24)23-19(25)14-3-6-17(21)18(22)11-14/h1-6,11,16H,7-10,12H2,(H,23,25). The highest BCUT2D eigenvalue weighted by molar-refractivity contribution is 6.30. The average Bonchev–Trinajstić information content (AvgIpc) is 2.61. The van der Waals surface area contributed by atoms with Crippen LogP contribution in [-0.4, -0.2) is 29.9 Å². The number of benzene rings is 2. The molecule has 3 nitrogen and oxygen atoms in total. The lowest BCUT2D eigenvalue weighted by Crippen LogP contribution is -2.44. The topological polar surface area (TPSA) is 32.3 Å². The maximum absolute atomic E-state index is 13.2. The van der Waals surface area contributed by atoms with Crippen molar-refractivity contribution in [3.63, 3.8) is 0 Å². The molecule has 0 unspecified atom stereocenters. The van der Waals surface area contributed by atoms with Crippen LogP contribution >= 0.6 is 11.6 Å². The smallest absolute Gasteiger partial charge is 0.251 e. The second kappa shape index (κ2) is 7.93. The van der Waals surface area contributed by atoms with E-state index in [2.05, 4.69) is 10.2 Å². The first-order valence-corrected chi connectivity index (χ1v) is 8.62. The van der Waals surface area contributed by atoms with E-state index in [0.717, 1.165) is 49.6 Å². The fourth-order valence-corrected chi connectivity index (χ4v) is 3.12. The summed E-state index contributed by atoms with van der Waals surface area (Å²) < 4.78 is 26.2. The van der Waals surface area contributed by atoms with Gasteiger partial charge in [0.25, 0.3) is 5.91 Å². The molecule has 1 aliphatic rings. The molecule has 1 amide bonds. The third-order valence-corrected chi connectivity index (χ3v) is 4.68. The molecule has 0 saturated carbocycles. The number of nitrogens with zero attached hydrogens (tertiary/aromatic N) is 1. The summed E-state index contributed by atoms with van der Waals surface area (Å²) in [6.45, 7) is 2.58. The molecule has 3 rings (SSSR count). The van der Waals surface area contributed by atoms with Gasteiger partial charge in [-0.2, -0.15) is 0 Å². The van der Waals surface area contributed by atoms with Gasteiger partial charge in [-0.05, 0) is 48.7 Å². The van der Waals surface area contributed by atoms with Crippen molar-refractivity contribution in [3.05, 3.63) is 70.2 Å². The second-order valence-electron chi connectivity index (χ2n) is 6.28. The van der Waals surface area contributed by atoms with Crippen molar-refractivity contribution in [2.45, 2.75) is 25.4 Å². The summed E-state index contributed by atoms with van der Waals surface area (Å²) in [6, 6.07) is 11.0. The Hall–Kier alpha value is -1.98. The molecular weight excluding hydrogens is 346 g/mol. The van der Waals surface area contributed by atoms with Crippen LogP contribution in [-0.2, 0) is 6.54 Å². The number of carbonyl (C=O) groups is 1. The summed E-state index contributed by atoms with van der Waals surface area (Å²) in [5.74, 6) is -2.33. The fourth-order valence-electron chi connectivity index (χ4n) is 2.99. The summed E-state index contributed by atoms with van der Waals surface area (Å²) in [7, 11) is 0. The number of hydrogen-bond acceptors (Lipinski definition) is 2. The highest BCUT2D eigenvalue weighted by Crippen LogP contribution is 2.17. The van der Waals surface area contributed by atoms with Crippen LogP contribution in [0.4, 0.5) is 8.78 Å². The van der Waals surface area contributed by atoms with Crippen molar-refractivity contribution in [2.75, 3.05) is 13.1 Å². The lowest BCUT2D eigenvalue weighted by molar-refractivity contribution is 0.0908. The zero-order valence-corrected chi connectivity index (χ0v) is 14.4. The summed E-state index contributed by atoms with van der Waals surface area (Å²) in [5.41, 5.74) is 1.34. The Morgan fingerprint density at radius 1 is 1.08 bits per heavy atom. The minimum absolute atomic E-state index is 0.0436. The molecular formula is C19H19ClF2N2O. The SMILES string of the molecule is O=C(NC1CCN(Cc2ccc(Cl)cc2)CC1)c1ccc(F)c(F)c1. The largest absolute Gasteiger partial charge is 0.349 e. The van der Waals surface area contributed by atoms with Gasteiger partial charge in [0.2, 0.25) is 0 Å². The van der Waals surface area contributed by atoms with Crippen LogP contribution in [0, 0.1) is 11.6 Å². The number of amides is 1. The van der Waals surface area contributed by atoms with E-state index in [9.17, 15) is 13.6 Å². The Morgan fingerprint density at radius 2 is 1.76 bits per heavy atom. The lowest BCUT2D eigenvalue weighted by Gasteiger charge is -2.32. The molecule has 132 valence electrons. The number of rotatable bonds is 4. The monoisotopic (exact) mass is 364 g/mol. The van der Waals surface area contributed by atoms with Crippen LogP contribution in [0.25, 0.3) is 0 Å². The number of hydrogen-bond donors (Lipinski definition) is 1. The van der Waals surface area contributed by atoms with Crippen molar-refractivity contribution in [1.29, 1.82) is 0 Å². The van der Waals surface area contributed by atoms with Crippen LogP contribution in [0.1, 0.15) is 28.8 Å². The molecule has 2 aromatic carbocycles. The van der Waals surface area contributed by atoms with Crippen LogP contribution < -0.4 is 5.32 Å². The van der Waals surface area contributed by atoms with E-state index in [4.69, 9.17) is 11.6 Å². The molecule has 1 heterocycles. The van der Waals surface area contributed by atoms with Gasteiger partial charge in [0.15, 0.2) is 11.6 Å². The van der Waals surface area contributed by atoms with Gasteiger partial charge in [-0.1, -0.05) is 23.7 Å². The third kappa shape index (κ3) is 4.77. The predicted molar refractivity (Wildman–Crippen MR) is 93.6 cm³/mol. The molecule has 6 heteroatoms. The Bertz CT molecular complexity index is 744. The molecule has 2 aromatic rings. The molecule has 25 heavy (non-hydrogen) atoms. The maximum Gasteiger partial charge on any atom is 0.251 e. The van der Waals surface area contributed by atoms with E-state index >= 15 is 0 Å². The van der Waals surface area contributed by atoms with Gasteiger partial charge in [-0.15, -0.1) is 0 Å². The first-order chi connectivity index (χ1) is 12.0. The quantitative estimate of drug-likeness (QED) is 0.889. The molecule has 0 aromatic heterocycles. The van der Waals surface area contributed by atoms with Gasteiger partial charge in [0.05, 0.1) is 0 Å². The number of likely N-dealkylation sites (tertiary alicyclic amines) is 1. The number of halogens is 3. The number of nitrogens with one attached hydrogen (secondary N) is 1. The molecule has 0 atom stereocenters. The zero-order valence-electron chi connectivity index (χ0n) is 13.6. The first-order valence-electron chi connectivity index (χ1n) is 8.24. The number of piperidine rings is 1. The van der Waals surface area contributed by atoms with Crippen molar-refractivity contribution in [1.82, 2.24) is 10.2 Å². The van der Waals surface area contributed by atoms with E-state index in [1.54, 1.807) is 0 Å². The van der Waals surface area contributed by atoms with Gasteiger partial charge in [0.1, 0.15) is 0 Å². The molecule has 0 bridgehead atoms. The zero-order chi connectivity index (χ0) is 17.8. The summed E-state index contributed by atoms with van der Waals surface area (Å²) >= 11 is 5.89. The summed E-state index contributed by atoms with van der Waals surface area (Å²) in [4.78, 5) is 14.5. The van der Waals surface area contributed by atoms with Gasteiger partial charge in [0, 0.05) is 36.3 Å². The highest BCUT2D eigenvalue weighted by Gasteiger charge is 2.21. The molecule has 0 radical (unpaired) electrons. The van der Waals surface area contributed by atoms with Crippen LogP contribution in [0.15, 0.2) is 42.5 Å². The van der Waals surface area contributed by atoms with Gasteiger partial charge >= 0.3 is 0 Å². The fraction of sp³-hybridized carbons (Fsp3) is 0.316. The lowest BCUT2D eigenvalue weighted by atomic mass is 10.0. The van der Waals surface area contributed by atoms with E-state index in [0.29, 0.717) is 0 Å². The predicted octanol–water partition coefficient (Wildman–Crippen LogP) is 4.01. The van der Waals surface area contributed by atoms with Crippen LogP contribution in [0.5, 0.6) is 0 Å². The molecule has 1 N–H and O–H groups in total. The minimum Gasteiger partial charge on any atom is -0.349 e. The maximum atomic E-state index is 13.2. The molecule has 0 aliphatic carbocycles. The molecule has 1 saturated heterocycles. The Labute approximate surface area is 150 Å². The van der Waals surface area contributed by atoms with Crippen molar-refractivity contribution >= 4 is 17.5 Å². The first kappa shape index (κ1) is 17.8. The Morgan fingerprint density at radius 3 is 2.40 bits per heavy atom. The molecule has 1 aliphatic heterocycles. The highest BCUT2D eigenvalue weighted by atomic mass is 35.5. The molecule has 1 fully saturated rings. The summed E-state index contributed by atoms with van der Waals surface area (Å²) in [6.07, 6.45) is 1.64. The molecule has 0 spiro atoms. The van der Waals surface area contributed by atoms with E-state index in [1.807, 2.05) is 24.3 Å². The van der Waals surface area contributed by atoms with Crippen molar-refractivity contribution < 1.29 is 13.6 Å². The summed E-state index contributed by atoms with van der Waals surface area (Å²) in [5, 5.41) is 3.63. The average molecular weight is 365 g/mol. The van der Waals surface area contributed by atoms with E-state index in [1.165, 1.54) is 11.6 Å². The van der Waals surface area contributed by atoms with E-state index in [-0.39, 0.29) is 17.5 Å². The normalized spacial score (nSPS) is 16.0. The van der Waals surface area contributed by atoms with Gasteiger partial charge in [-0.3, -0.25) is 9.69 Å². The van der Waals surface area contributed by atoms with Crippen LogP contribution in [0.2, 0.25) is 5.02 Å². The van der Waals surface area contributed by atoms with Gasteiger partial charge in [-0.25, -0.2) is 8.78 Å². The number of carbonyl (C=O) groups excluding carboxylic acids is 1. The minimum atomic E-state index is -1.01. The third-order valence-electron chi connectivity index (χ3n) is 4.42. The second-order valence-corrected chi connectivity index (χ2v) is 6.72. The van der Waals surface area contributed by atoms with Crippen molar-refractivity contribution in [3.8, 4) is 0 Å². The Balaban J connectivity index is 1.49. The van der Waals surface area contributed by atoms with Crippen molar-refractivity contribution in [2.24, 2.45) is 0 Å². The van der Waals surface area contributed by atoms with E-state index < -0.39 is 11.6 Å². The van der Waals surface area contributed by atoms with Crippen LogP contribution in [0.3, 0.4) is 0 Å². The Kier molecular flexibility index (Phi) is 5.66.